The monoisotopic (exact) mass is 386 g/mol. The number of para-hydroxylation sites is 2. The van der Waals surface area contributed by atoms with Crippen LogP contribution in [-0.4, -0.2) is 21.9 Å². The van der Waals surface area contributed by atoms with E-state index < -0.39 is 0 Å². The van der Waals surface area contributed by atoms with Gasteiger partial charge in [0, 0.05) is 29.8 Å². The third kappa shape index (κ3) is 3.60. The molecule has 1 unspecified atom stereocenters. The van der Waals surface area contributed by atoms with E-state index in [-0.39, 0.29) is 11.9 Å². The minimum Gasteiger partial charge on any atom is -0.321 e. The number of carbonyl (C=O) groups excluding carboxylic acids is 1. The molecule has 2 heterocycles. The first-order valence-corrected chi connectivity index (χ1v) is 10.1. The molecule has 0 bridgehead atoms. The van der Waals surface area contributed by atoms with Crippen molar-refractivity contribution in [1.82, 2.24) is 9.97 Å². The van der Waals surface area contributed by atoms with E-state index in [2.05, 4.69) is 65.2 Å². The zero-order valence-electron chi connectivity index (χ0n) is 17.3. The van der Waals surface area contributed by atoms with Crippen LogP contribution >= 0.6 is 0 Å². The van der Waals surface area contributed by atoms with Gasteiger partial charge >= 0.3 is 0 Å². The molecule has 0 radical (unpaired) electrons. The summed E-state index contributed by atoms with van der Waals surface area (Å²) in [5.41, 5.74) is 5.93. The Kier molecular flexibility index (Phi) is 5.05. The fourth-order valence-electron chi connectivity index (χ4n) is 3.96. The van der Waals surface area contributed by atoms with E-state index in [4.69, 9.17) is 0 Å². The number of hydrogen-bond donors (Lipinski definition) is 1. The van der Waals surface area contributed by atoms with Gasteiger partial charge in [-0.2, -0.15) is 0 Å². The lowest BCUT2D eigenvalue weighted by Gasteiger charge is -2.22. The van der Waals surface area contributed by atoms with Crippen LogP contribution in [0.1, 0.15) is 53.7 Å². The van der Waals surface area contributed by atoms with Crippen molar-refractivity contribution >= 4 is 23.2 Å². The topological polar surface area (TPSA) is 58.1 Å². The van der Waals surface area contributed by atoms with Gasteiger partial charge in [-0.25, -0.2) is 9.97 Å². The minimum absolute atomic E-state index is 0.192. The number of nitrogens with zero attached hydrogens (tertiary/aromatic N) is 3. The standard InChI is InChI=1S/C24H26N4O/c1-15(2)20-10-7-8-16(3)22(20)27-23(29)19-13-25-24(26-14-19)28-17(4)12-18-9-5-6-11-21(18)28/h5-11,13-15,17H,12H2,1-4H3,(H,27,29). The second-order valence-corrected chi connectivity index (χ2v) is 7.97. The molecule has 0 aliphatic carbocycles. The Morgan fingerprint density at radius 1 is 1.10 bits per heavy atom. The Labute approximate surface area is 171 Å². The molecule has 1 atom stereocenters. The molecule has 4 rings (SSSR count). The molecule has 5 nitrogen and oxygen atoms in total. The molecule has 1 amide bonds. The van der Waals surface area contributed by atoms with E-state index in [9.17, 15) is 4.79 Å². The molecule has 29 heavy (non-hydrogen) atoms. The summed E-state index contributed by atoms with van der Waals surface area (Å²) in [4.78, 5) is 24.0. The molecule has 2 aromatic carbocycles. The summed E-state index contributed by atoms with van der Waals surface area (Å²) in [6.45, 7) is 8.41. The molecule has 0 fully saturated rings. The Bertz CT molecular complexity index is 1040. The third-order valence-electron chi connectivity index (χ3n) is 5.49. The van der Waals surface area contributed by atoms with E-state index in [1.54, 1.807) is 12.4 Å². The zero-order chi connectivity index (χ0) is 20.5. The molecular weight excluding hydrogens is 360 g/mol. The molecule has 1 aliphatic heterocycles. The van der Waals surface area contributed by atoms with Crippen molar-refractivity contribution in [2.24, 2.45) is 0 Å². The summed E-state index contributed by atoms with van der Waals surface area (Å²) in [7, 11) is 0. The maximum atomic E-state index is 12.8. The Morgan fingerprint density at radius 3 is 2.55 bits per heavy atom. The van der Waals surface area contributed by atoms with Crippen molar-refractivity contribution < 1.29 is 4.79 Å². The van der Waals surface area contributed by atoms with Crippen molar-refractivity contribution in [3.8, 4) is 0 Å². The van der Waals surface area contributed by atoms with Gasteiger partial charge in [0.25, 0.3) is 5.91 Å². The van der Waals surface area contributed by atoms with Crippen LogP contribution in [0, 0.1) is 6.92 Å². The van der Waals surface area contributed by atoms with Crippen molar-refractivity contribution in [1.29, 1.82) is 0 Å². The van der Waals surface area contributed by atoms with Gasteiger partial charge in [0.1, 0.15) is 0 Å². The minimum atomic E-state index is -0.192. The SMILES string of the molecule is Cc1cccc(C(C)C)c1NC(=O)c1cnc(N2c3ccccc3CC2C)nc1. The predicted octanol–water partition coefficient (Wildman–Crippen LogP) is 5.24. The van der Waals surface area contributed by atoms with Crippen LogP contribution < -0.4 is 10.2 Å². The summed E-state index contributed by atoms with van der Waals surface area (Å²) in [5.74, 6) is 0.751. The average molecular weight is 386 g/mol. The highest BCUT2D eigenvalue weighted by Gasteiger charge is 2.28. The van der Waals surface area contributed by atoms with Crippen LogP contribution in [0.15, 0.2) is 54.9 Å². The number of benzene rings is 2. The fourth-order valence-corrected chi connectivity index (χ4v) is 3.96. The number of hydrogen-bond acceptors (Lipinski definition) is 4. The third-order valence-corrected chi connectivity index (χ3v) is 5.49. The number of nitrogens with one attached hydrogen (secondary N) is 1. The highest BCUT2D eigenvalue weighted by atomic mass is 16.1. The molecule has 1 aliphatic rings. The number of aromatic nitrogens is 2. The zero-order valence-corrected chi connectivity index (χ0v) is 17.3. The Balaban J connectivity index is 1.57. The summed E-state index contributed by atoms with van der Waals surface area (Å²) in [5, 5.41) is 3.06. The average Bonchev–Trinajstić information content (AvgIpc) is 3.05. The molecule has 0 saturated carbocycles. The van der Waals surface area contributed by atoms with Crippen LogP contribution in [0.3, 0.4) is 0 Å². The first-order chi connectivity index (χ1) is 14.0. The van der Waals surface area contributed by atoms with Crippen LogP contribution in [0.25, 0.3) is 0 Å². The molecule has 1 N–H and O–H groups in total. The molecule has 5 heteroatoms. The van der Waals surface area contributed by atoms with Gasteiger partial charge in [0.2, 0.25) is 5.95 Å². The number of aryl methyl sites for hydroxylation is 1. The molecule has 148 valence electrons. The van der Waals surface area contributed by atoms with Gasteiger partial charge < -0.3 is 10.2 Å². The lowest BCUT2D eigenvalue weighted by molar-refractivity contribution is 0.102. The van der Waals surface area contributed by atoms with Gasteiger partial charge in [0.15, 0.2) is 0 Å². The molecular formula is C24H26N4O. The second-order valence-electron chi connectivity index (χ2n) is 7.97. The van der Waals surface area contributed by atoms with Crippen molar-refractivity contribution in [2.45, 2.75) is 46.1 Å². The van der Waals surface area contributed by atoms with E-state index in [0.29, 0.717) is 17.4 Å². The van der Waals surface area contributed by atoms with E-state index in [1.165, 1.54) is 5.56 Å². The highest BCUT2D eigenvalue weighted by Crippen LogP contribution is 2.36. The number of fused-ring (bicyclic) bond motifs is 1. The normalized spacial score (nSPS) is 15.5. The quantitative estimate of drug-likeness (QED) is 0.666. The van der Waals surface area contributed by atoms with Gasteiger partial charge in [-0.1, -0.05) is 50.2 Å². The lowest BCUT2D eigenvalue weighted by Crippen LogP contribution is -2.26. The Morgan fingerprint density at radius 2 is 1.83 bits per heavy atom. The number of rotatable bonds is 4. The van der Waals surface area contributed by atoms with Crippen LogP contribution in [0.2, 0.25) is 0 Å². The van der Waals surface area contributed by atoms with Crippen LogP contribution in [-0.2, 0) is 6.42 Å². The van der Waals surface area contributed by atoms with Crippen LogP contribution in [0.4, 0.5) is 17.3 Å². The summed E-state index contributed by atoms with van der Waals surface area (Å²) in [6, 6.07) is 14.7. The molecule has 0 saturated heterocycles. The predicted molar refractivity (Wildman–Crippen MR) is 117 cm³/mol. The van der Waals surface area contributed by atoms with Crippen molar-refractivity contribution in [3.63, 3.8) is 0 Å². The highest BCUT2D eigenvalue weighted by molar-refractivity contribution is 6.04. The maximum Gasteiger partial charge on any atom is 0.258 e. The van der Waals surface area contributed by atoms with Crippen molar-refractivity contribution in [2.75, 3.05) is 10.2 Å². The number of carbonyl (C=O) groups is 1. The van der Waals surface area contributed by atoms with E-state index in [0.717, 1.165) is 28.9 Å². The fraction of sp³-hybridized carbons (Fsp3) is 0.292. The van der Waals surface area contributed by atoms with Crippen LogP contribution in [0.5, 0.6) is 0 Å². The van der Waals surface area contributed by atoms with E-state index >= 15 is 0 Å². The van der Waals surface area contributed by atoms with Gasteiger partial charge in [-0.3, -0.25) is 4.79 Å². The van der Waals surface area contributed by atoms with Gasteiger partial charge in [-0.05, 0) is 48.9 Å². The number of amides is 1. The summed E-state index contributed by atoms with van der Waals surface area (Å²) >= 11 is 0. The second kappa shape index (κ2) is 7.66. The molecule has 1 aromatic heterocycles. The maximum absolute atomic E-state index is 12.8. The first kappa shape index (κ1) is 19.1. The smallest absolute Gasteiger partial charge is 0.258 e. The van der Waals surface area contributed by atoms with E-state index in [1.807, 2.05) is 25.1 Å². The first-order valence-electron chi connectivity index (χ1n) is 10.1. The van der Waals surface area contributed by atoms with Crippen molar-refractivity contribution in [3.05, 3.63) is 77.1 Å². The van der Waals surface area contributed by atoms with Gasteiger partial charge in [-0.15, -0.1) is 0 Å². The van der Waals surface area contributed by atoms with Gasteiger partial charge in [0.05, 0.1) is 5.56 Å². The summed E-state index contributed by atoms with van der Waals surface area (Å²) < 4.78 is 0. The molecule has 0 spiro atoms. The summed E-state index contributed by atoms with van der Waals surface area (Å²) in [6.07, 6.45) is 4.18. The largest absolute Gasteiger partial charge is 0.321 e. The number of anilines is 3. The molecule has 3 aromatic rings. The lowest BCUT2D eigenvalue weighted by atomic mass is 9.98. The Hall–Kier alpha value is -3.21.